The fourth-order valence-corrected chi connectivity index (χ4v) is 1.59. The predicted octanol–water partition coefficient (Wildman–Crippen LogP) is 1.15. The molecule has 22 heavy (non-hydrogen) atoms. The summed E-state index contributed by atoms with van der Waals surface area (Å²) in [5.41, 5.74) is 3.88. The Morgan fingerprint density at radius 3 is 2.77 bits per heavy atom. The number of nitrogens with two attached hydrogens (primary N) is 1. The molecule has 1 aromatic carbocycles. The molecule has 0 bridgehead atoms. The minimum Gasteiger partial charge on any atom is -0.472 e. The summed E-state index contributed by atoms with van der Waals surface area (Å²) in [6, 6.07) is 6.61. The maximum Gasteiger partial charge on any atom is 0.233 e. The van der Waals surface area contributed by atoms with Gasteiger partial charge in [0.1, 0.15) is 12.4 Å². The van der Waals surface area contributed by atoms with E-state index in [1.54, 1.807) is 36.9 Å². The first kappa shape index (κ1) is 17.3. The van der Waals surface area contributed by atoms with Crippen LogP contribution >= 0.6 is 0 Å². The molecule has 118 valence electrons. The average molecular weight is 307 g/mol. The number of hydrogen-bond acceptors (Lipinski definition) is 6. The second-order valence-electron chi connectivity index (χ2n) is 4.16. The van der Waals surface area contributed by atoms with Crippen LogP contribution in [0, 0.1) is 12.7 Å². The van der Waals surface area contributed by atoms with Crippen LogP contribution in [0.1, 0.15) is 11.1 Å². The topological polar surface area (TPSA) is 102 Å². The van der Waals surface area contributed by atoms with Crippen molar-refractivity contribution in [3.8, 4) is 5.88 Å². The van der Waals surface area contributed by atoms with Crippen LogP contribution in [-0.4, -0.2) is 23.7 Å². The quantitative estimate of drug-likeness (QED) is 0.331. The highest BCUT2D eigenvalue weighted by atomic mass is 19.1. The summed E-state index contributed by atoms with van der Waals surface area (Å²) in [6.07, 6.45) is 2.04. The van der Waals surface area contributed by atoms with E-state index in [2.05, 4.69) is 21.4 Å². The summed E-state index contributed by atoms with van der Waals surface area (Å²) in [4.78, 5) is 8.94. The Hall–Kier alpha value is -2.74. The standard InChI is InChI=1S/C13H14FN3O.CH4N2O/c1-9-6-13(17-16-7-9)18-8-10-11(14)4-3-5-12(10)15-2;2-3-1-4/h3-7,15H,8H2,1-2H3;1H,2H2,(H,3,4). The van der Waals surface area contributed by atoms with Crippen LogP contribution in [-0.2, 0) is 11.4 Å². The van der Waals surface area contributed by atoms with Gasteiger partial charge in [-0.1, -0.05) is 6.07 Å². The van der Waals surface area contributed by atoms with Gasteiger partial charge >= 0.3 is 0 Å². The molecule has 0 aliphatic heterocycles. The van der Waals surface area contributed by atoms with Crippen molar-refractivity contribution in [1.29, 1.82) is 0 Å². The molecule has 0 spiro atoms. The molecule has 2 aromatic rings. The number of aromatic nitrogens is 2. The number of carbonyl (C=O) groups excluding carboxylic acids is 1. The molecule has 0 aliphatic rings. The van der Waals surface area contributed by atoms with E-state index in [0.29, 0.717) is 23.5 Å². The zero-order valence-electron chi connectivity index (χ0n) is 12.3. The van der Waals surface area contributed by atoms with Crippen LogP contribution < -0.4 is 21.3 Å². The lowest BCUT2D eigenvalue weighted by Crippen LogP contribution is -2.18. The first-order chi connectivity index (χ1) is 10.6. The fourth-order valence-electron chi connectivity index (χ4n) is 1.59. The van der Waals surface area contributed by atoms with Gasteiger partial charge in [-0.05, 0) is 24.6 Å². The van der Waals surface area contributed by atoms with Gasteiger partial charge in [-0.3, -0.25) is 10.2 Å². The van der Waals surface area contributed by atoms with E-state index in [0.717, 1.165) is 5.56 Å². The Labute approximate surface area is 127 Å². The molecule has 0 radical (unpaired) electrons. The van der Waals surface area contributed by atoms with Crippen molar-refractivity contribution in [2.45, 2.75) is 13.5 Å². The largest absolute Gasteiger partial charge is 0.472 e. The molecule has 7 nitrogen and oxygen atoms in total. The number of nitrogens with one attached hydrogen (secondary N) is 2. The van der Waals surface area contributed by atoms with Crippen molar-refractivity contribution in [2.75, 3.05) is 12.4 Å². The van der Waals surface area contributed by atoms with Crippen molar-refractivity contribution in [3.63, 3.8) is 0 Å². The molecular weight excluding hydrogens is 289 g/mol. The highest BCUT2D eigenvalue weighted by molar-refractivity contribution is 5.51. The number of ether oxygens (including phenoxy) is 1. The van der Waals surface area contributed by atoms with Crippen molar-refractivity contribution < 1.29 is 13.9 Å². The van der Waals surface area contributed by atoms with Crippen molar-refractivity contribution in [2.24, 2.45) is 5.84 Å². The van der Waals surface area contributed by atoms with Crippen LogP contribution in [0.15, 0.2) is 30.5 Å². The van der Waals surface area contributed by atoms with E-state index in [9.17, 15) is 4.39 Å². The number of hydrazine groups is 1. The molecular formula is C14H18FN5O2. The number of anilines is 1. The van der Waals surface area contributed by atoms with E-state index >= 15 is 0 Å². The van der Waals surface area contributed by atoms with E-state index < -0.39 is 0 Å². The highest BCUT2D eigenvalue weighted by Crippen LogP contribution is 2.20. The van der Waals surface area contributed by atoms with Crippen LogP contribution in [0.4, 0.5) is 10.1 Å². The Morgan fingerprint density at radius 1 is 1.45 bits per heavy atom. The Morgan fingerprint density at radius 2 is 2.18 bits per heavy atom. The monoisotopic (exact) mass is 307 g/mol. The molecule has 0 saturated heterocycles. The summed E-state index contributed by atoms with van der Waals surface area (Å²) in [7, 11) is 1.74. The molecule has 2 rings (SSSR count). The van der Waals surface area contributed by atoms with Crippen molar-refractivity contribution >= 4 is 12.1 Å². The predicted molar refractivity (Wildman–Crippen MR) is 80.4 cm³/mol. The van der Waals surface area contributed by atoms with Crippen molar-refractivity contribution in [1.82, 2.24) is 15.6 Å². The van der Waals surface area contributed by atoms with Crippen molar-refractivity contribution in [3.05, 3.63) is 47.4 Å². The number of benzene rings is 1. The van der Waals surface area contributed by atoms with Gasteiger partial charge in [0.15, 0.2) is 0 Å². The third-order valence-electron chi connectivity index (χ3n) is 2.59. The zero-order valence-corrected chi connectivity index (χ0v) is 12.3. The third-order valence-corrected chi connectivity index (χ3v) is 2.59. The molecule has 4 N–H and O–H groups in total. The summed E-state index contributed by atoms with van der Waals surface area (Å²) >= 11 is 0. The minimum absolute atomic E-state index is 0.112. The van der Waals surface area contributed by atoms with Crippen LogP contribution in [0.3, 0.4) is 0 Å². The lowest BCUT2D eigenvalue weighted by Gasteiger charge is -2.11. The zero-order chi connectivity index (χ0) is 16.4. The van der Waals surface area contributed by atoms with Crippen LogP contribution in [0.2, 0.25) is 0 Å². The van der Waals surface area contributed by atoms with E-state index in [-0.39, 0.29) is 12.4 Å². The Kier molecular flexibility index (Phi) is 7.27. The van der Waals surface area contributed by atoms with E-state index in [4.69, 9.17) is 9.53 Å². The van der Waals surface area contributed by atoms with Gasteiger partial charge in [-0.25, -0.2) is 10.2 Å². The SMILES string of the molecule is CNc1cccc(F)c1COc1cc(C)cnn1.NNC=O. The van der Waals surface area contributed by atoms with E-state index in [1.807, 2.05) is 6.92 Å². The van der Waals surface area contributed by atoms with Gasteiger partial charge in [0.05, 0.1) is 6.20 Å². The molecule has 1 amide bonds. The number of halogens is 1. The average Bonchev–Trinajstić information content (AvgIpc) is 2.53. The number of amides is 1. The fraction of sp³-hybridized carbons (Fsp3) is 0.214. The number of nitrogens with zero attached hydrogens (tertiary/aromatic N) is 2. The summed E-state index contributed by atoms with van der Waals surface area (Å²) < 4.78 is 19.1. The van der Waals surface area contributed by atoms with E-state index in [1.165, 1.54) is 6.07 Å². The molecule has 0 saturated carbocycles. The lowest BCUT2D eigenvalue weighted by molar-refractivity contribution is -0.109. The van der Waals surface area contributed by atoms with Gasteiger partial charge < -0.3 is 10.1 Å². The molecule has 1 aromatic heterocycles. The van der Waals surface area contributed by atoms with Crippen LogP contribution in [0.5, 0.6) is 5.88 Å². The van der Waals surface area contributed by atoms with Gasteiger partial charge in [0, 0.05) is 24.4 Å². The molecule has 8 heteroatoms. The third kappa shape index (κ3) is 5.33. The number of aryl methyl sites for hydroxylation is 1. The number of hydrogen-bond donors (Lipinski definition) is 3. The van der Waals surface area contributed by atoms with Gasteiger partial charge in [0.2, 0.25) is 12.3 Å². The summed E-state index contributed by atoms with van der Waals surface area (Å²) in [5.74, 6) is 4.50. The first-order valence-electron chi connectivity index (χ1n) is 6.39. The second kappa shape index (κ2) is 9.24. The molecule has 1 heterocycles. The van der Waals surface area contributed by atoms with Crippen LogP contribution in [0.25, 0.3) is 0 Å². The maximum absolute atomic E-state index is 13.7. The maximum atomic E-state index is 13.7. The van der Waals surface area contributed by atoms with Gasteiger partial charge in [0.25, 0.3) is 0 Å². The number of carbonyl (C=O) groups is 1. The Balaban J connectivity index is 0.000000541. The normalized spacial score (nSPS) is 9.27. The molecule has 0 atom stereocenters. The summed E-state index contributed by atoms with van der Waals surface area (Å²) in [5, 5.41) is 10.5. The van der Waals surface area contributed by atoms with Gasteiger partial charge in [-0.2, -0.15) is 5.10 Å². The first-order valence-corrected chi connectivity index (χ1v) is 6.39. The van der Waals surface area contributed by atoms with Gasteiger partial charge in [-0.15, -0.1) is 5.10 Å². The second-order valence-corrected chi connectivity index (χ2v) is 4.16. The molecule has 0 fully saturated rings. The minimum atomic E-state index is -0.303. The Bertz CT molecular complexity index is 610. The number of rotatable bonds is 5. The molecule has 0 unspecified atom stereocenters. The highest BCUT2D eigenvalue weighted by Gasteiger charge is 2.08. The smallest absolute Gasteiger partial charge is 0.233 e. The lowest BCUT2D eigenvalue weighted by atomic mass is 10.2. The summed E-state index contributed by atoms with van der Waals surface area (Å²) in [6.45, 7) is 2.00. The molecule has 0 aliphatic carbocycles.